The van der Waals surface area contributed by atoms with E-state index >= 15 is 0 Å². The summed E-state index contributed by atoms with van der Waals surface area (Å²) in [5, 5.41) is 4.64. The molecule has 1 aliphatic rings. The first kappa shape index (κ1) is 19.5. The normalized spacial score (nSPS) is 15.5. The lowest BCUT2D eigenvalue weighted by Crippen LogP contribution is -2.48. The number of aryl methyl sites for hydroxylation is 1. The highest BCUT2D eigenvalue weighted by molar-refractivity contribution is 5.79. The van der Waals surface area contributed by atoms with Crippen molar-refractivity contribution in [2.24, 2.45) is 5.92 Å². The van der Waals surface area contributed by atoms with Gasteiger partial charge < -0.3 is 4.90 Å². The third-order valence-electron chi connectivity index (χ3n) is 5.28. The molecular weight excluding hydrogens is 338 g/mol. The third kappa shape index (κ3) is 4.95. The van der Waals surface area contributed by atoms with Crippen molar-refractivity contribution in [1.29, 1.82) is 0 Å². The van der Waals surface area contributed by atoms with Crippen molar-refractivity contribution < 1.29 is 4.79 Å². The number of hydrogen-bond acceptors (Lipinski definition) is 4. The van der Waals surface area contributed by atoms with Gasteiger partial charge in [0, 0.05) is 62.9 Å². The molecule has 0 bridgehead atoms. The third-order valence-corrected chi connectivity index (χ3v) is 5.28. The molecule has 0 spiro atoms. The molecule has 1 saturated heterocycles. The molecule has 3 rings (SSSR count). The number of carbonyl (C=O) groups excluding carboxylic acids is 1. The molecule has 0 radical (unpaired) electrons. The summed E-state index contributed by atoms with van der Waals surface area (Å²) in [6.45, 7) is 13.7. The Morgan fingerprint density at radius 1 is 1.11 bits per heavy atom. The van der Waals surface area contributed by atoms with Crippen LogP contribution in [-0.2, 0) is 24.3 Å². The first-order valence-electron chi connectivity index (χ1n) is 9.86. The number of piperazine rings is 1. The van der Waals surface area contributed by atoms with Crippen molar-refractivity contribution in [1.82, 2.24) is 24.6 Å². The lowest BCUT2D eigenvalue weighted by molar-refractivity contribution is -0.132. The number of carbonyl (C=O) groups is 1. The SMILES string of the molecule is Cc1nn(CC(C)C)c(C)c1CC(=O)N1CCN(Cc2ccncc2)CC1. The van der Waals surface area contributed by atoms with Crippen LogP contribution in [-0.4, -0.2) is 56.7 Å². The molecule has 0 N–H and O–H groups in total. The van der Waals surface area contributed by atoms with Crippen LogP contribution in [0.4, 0.5) is 0 Å². The summed E-state index contributed by atoms with van der Waals surface area (Å²) in [7, 11) is 0. The largest absolute Gasteiger partial charge is 0.340 e. The molecule has 1 aliphatic heterocycles. The van der Waals surface area contributed by atoms with Gasteiger partial charge in [-0.3, -0.25) is 19.4 Å². The second-order valence-electron chi connectivity index (χ2n) is 7.91. The maximum absolute atomic E-state index is 12.8. The molecule has 146 valence electrons. The number of pyridine rings is 1. The van der Waals surface area contributed by atoms with E-state index in [1.165, 1.54) is 5.56 Å². The molecule has 27 heavy (non-hydrogen) atoms. The van der Waals surface area contributed by atoms with Crippen LogP contribution in [0.2, 0.25) is 0 Å². The van der Waals surface area contributed by atoms with Crippen molar-refractivity contribution in [2.75, 3.05) is 26.2 Å². The first-order chi connectivity index (χ1) is 12.9. The van der Waals surface area contributed by atoms with Gasteiger partial charge >= 0.3 is 0 Å². The standard InChI is InChI=1S/C21H31N5O/c1-16(2)14-26-18(4)20(17(3)23-26)13-21(27)25-11-9-24(10-12-25)15-19-5-7-22-8-6-19/h5-8,16H,9-15H2,1-4H3. The van der Waals surface area contributed by atoms with E-state index in [-0.39, 0.29) is 5.91 Å². The van der Waals surface area contributed by atoms with E-state index in [0.717, 1.165) is 56.2 Å². The molecule has 0 atom stereocenters. The zero-order valence-electron chi connectivity index (χ0n) is 17.0. The van der Waals surface area contributed by atoms with Crippen molar-refractivity contribution in [3.05, 3.63) is 47.0 Å². The van der Waals surface area contributed by atoms with E-state index in [2.05, 4.69) is 52.6 Å². The van der Waals surface area contributed by atoms with Gasteiger partial charge in [-0.25, -0.2) is 0 Å². The fraction of sp³-hybridized carbons (Fsp3) is 0.571. The fourth-order valence-corrected chi connectivity index (χ4v) is 3.68. The Morgan fingerprint density at radius 2 is 1.78 bits per heavy atom. The topological polar surface area (TPSA) is 54.3 Å². The van der Waals surface area contributed by atoms with E-state index in [1.807, 2.05) is 24.2 Å². The number of nitrogens with zero attached hydrogens (tertiary/aromatic N) is 5. The number of rotatable bonds is 6. The highest BCUT2D eigenvalue weighted by Crippen LogP contribution is 2.17. The van der Waals surface area contributed by atoms with Crippen LogP contribution in [0.15, 0.2) is 24.5 Å². The molecule has 6 heteroatoms. The predicted octanol–water partition coefficient (Wildman–Crippen LogP) is 2.44. The fourth-order valence-electron chi connectivity index (χ4n) is 3.68. The van der Waals surface area contributed by atoms with Crippen LogP contribution in [0, 0.1) is 19.8 Å². The molecule has 6 nitrogen and oxygen atoms in total. The molecular formula is C21H31N5O. The Morgan fingerprint density at radius 3 is 2.41 bits per heavy atom. The van der Waals surface area contributed by atoms with E-state index in [0.29, 0.717) is 12.3 Å². The van der Waals surface area contributed by atoms with E-state index in [9.17, 15) is 4.79 Å². The maximum atomic E-state index is 12.8. The Kier molecular flexibility index (Phi) is 6.26. The minimum absolute atomic E-state index is 0.217. The minimum Gasteiger partial charge on any atom is -0.340 e. The smallest absolute Gasteiger partial charge is 0.227 e. The minimum atomic E-state index is 0.217. The quantitative estimate of drug-likeness (QED) is 0.785. The summed E-state index contributed by atoms with van der Waals surface area (Å²) in [4.78, 5) is 21.3. The molecule has 0 aliphatic carbocycles. The first-order valence-corrected chi connectivity index (χ1v) is 9.86. The van der Waals surface area contributed by atoms with Crippen LogP contribution < -0.4 is 0 Å². The summed E-state index contributed by atoms with van der Waals surface area (Å²) >= 11 is 0. The zero-order chi connectivity index (χ0) is 19.4. The van der Waals surface area contributed by atoms with Crippen LogP contribution in [0.25, 0.3) is 0 Å². The van der Waals surface area contributed by atoms with Gasteiger partial charge in [0.2, 0.25) is 5.91 Å². The molecule has 2 aromatic heterocycles. The molecule has 1 amide bonds. The Balaban J connectivity index is 1.55. The van der Waals surface area contributed by atoms with Gasteiger partial charge in [-0.05, 0) is 37.5 Å². The number of hydrogen-bond donors (Lipinski definition) is 0. The van der Waals surface area contributed by atoms with E-state index in [4.69, 9.17) is 0 Å². The van der Waals surface area contributed by atoms with Gasteiger partial charge in [-0.2, -0.15) is 5.10 Å². The van der Waals surface area contributed by atoms with Gasteiger partial charge in [0.1, 0.15) is 0 Å². The Bertz CT molecular complexity index is 760. The summed E-state index contributed by atoms with van der Waals surface area (Å²) in [5.41, 5.74) is 4.48. The second-order valence-corrected chi connectivity index (χ2v) is 7.91. The van der Waals surface area contributed by atoms with Crippen molar-refractivity contribution in [2.45, 2.75) is 47.2 Å². The van der Waals surface area contributed by atoms with Crippen molar-refractivity contribution >= 4 is 5.91 Å². The van der Waals surface area contributed by atoms with Crippen molar-refractivity contribution in [3.63, 3.8) is 0 Å². The van der Waals surface area contributed by atoms with E-state index in [1.54, 1.807) is 0 Å². The molecule has 0 saturated carbocycles. The molecule has 0 aromatic carbocycles. The summed E-state index contributed by atoms with van der Waals surface area (Å²) in [5.74, 6) is 0.758. The summed E-state index contributed by atoms with van der Waals surface area (Å²) < 4.78 is 2.05. The lowest BCUT2D eigenvalue weighted by atomic mass is 10.1. The van der Waals surface area contributed by atoms with Gasteiger partial charge in [0.05, 0.1) is 12.1 Å². The van der Waals surface area contributed by atoms with Gasteiger partial charge in [0.25, 0.3) is 0 Å². The molecule has 2 aromatic rings. The summed E-state index contributed by atoms with van der Waals surface area (Å²) in [6, 6.07) is 4.11. The lowest BCUT2D eigenvalue weighted by Gasteiger charge is -2.34. The van der Waals surface area contributed by atoms with Gasteiger partial charge in [-0.1, -0.05) is 13.8 Å². The van der Waals surface area contributed by atoms with Crippen LogP contribution in [0.3, 0.4) is 0 Å². The average molecular weight is 370 g/mol. The van der Waals surface area contributed by atoms with Gasteiger partial charge in [-0.15, -0.1) is 0 Å². The number of aromatic nitrogens is 3. The highest BCUT2D eigenvalue weighted by Gasteiger charge is 2.23. The molecule has 3 heterocycles. The van der Waals surface area contributed by atoms with E-state index < -0.39 is 0 Å². The average Bonchev–Trinajstić information content (AvgIpc) is 2.90. The van der Waals surface area contributed by atoms with Gasteiger partial charge in [0.15, 0.2) is 0 Å². The second kappa shape index (κ2) is 8.65. The Labute approximate surface area is 162 Å². The molecule has 1 fully saturated rings. The zero-order valence-corrected chi connectivity index (χ0v) is 17.0. The maximum Gasteiger partial charge on any atom is 0.227 e. The van der Waals surface area contributed by atoms with Crippen LogP contribution in [0.1, 0.15) is 36.4 Å². The highest BCUT2D eigenvalue weighted by atomic mass is 16.2. The predicted molar refractivity (Wildman–Crippen MR) is 106 cm³/mol. The summed E-state index contributed by atoms with van der Waals surface area (Å²) in [6.07, 6.45) is 4.12. The van der Waals surface area contributed by atoms with Crippen LogP contribution >= 0.6 is 0 Å². The van der Waals surface area contributed by atoms with Crippen LogP contribution in [0.5, 0.6) is 0 Å². The number of amides is 1. The monoisotopic (exact) mass is 369 g/mol. The molecule has 0 unspecified atom stereocenters. The van der Waals surface area contributed by atoms with Crippen molar-refractivity contribution in [3.8, 4) is 0 Å². The Hall–Kier alpha value is -2.21.